The molecule has 2 rings (SSSR count). The first kappa shape index (κ1) is 13.2. The average Bonchev–Trinajstić information content (AvgIpc) is 2.29. The van der Waals surface area contributed by atoms with E-state index in [1.54, 1.807) is 0 Å². The largest absolute Gasteiger partial charge is 0.328 e. The van der Waals surface area contributed by atoms with Crippen LogP contribution in [0.25, 0.3) is 0 Å². The van der Waals surface area contributed by atoms with Crippen LogP contribution in [0.15, 0.2) is 12.3 Å². The zero-order valence-corrected chi connectivity index (χ0v) is 11.9. The summed E-state index contributed by atoms with van der Waals surface area (Å²) < 4.78 is 0. The second-order valence-electron chi connectivity index (χ2n) is 4.45. The predicted octanol–water partition coefficient (Wildman–Crippen LogP) is 2.28. The molecule has 1 aliphatic rings. The molecule has 0 radical (unpaired) electrons. The van der Waals surface area contributed by atoms with Crippen molar-refractivity contribution in [2.45, 2.75) is 36.8 Å². The molecule has 17 heavy (non-hydrogen) atoms. The lowest BCUT2D eigenvalue weighted by atomic mass is 10.2. The Morgan fingerprint density at radius 1 is 1.47 bits per heavy atom. The van der Waals surface area contributed by atoms with Crippen molar-refractivity contribution in [3.05, 3.63) is 23.8 Å². The lowest BCUT2D eigenvalue weighted by molar-refractivity contribution is 0.706. The third kappa shape index (κ3) is 3.60. The summed E-state index contributed by atoms with van der Waals surface area (Å²) >= 11 is 3.99. The molecular weight excluding hydrogens is 250 g/mol. The quantitative estimate of drug-likeness (QED) is 0.912. The van der Waals surface area contributed by atoms with E-state index in [1.807, 2.05) is 42.7 Å². The van der Waals surface area contributed by atoms with Crippen LogP contribution >= 0.6 is 23.5 Å². The molecule has 3 unspecified atom stereocenters. The number of hydrogen-bond donors (Lipinski definition) is 1. The van der Waals surface area contributed by atoms with Crippen LogP contribution in [0.2, 0.25) is 0 Å². The summed E-state index contributed by atoms with van der Waals surface area (Å²) in [5.74, 6) is 3.41. The molecule has 0 saturated carbocycles. The van der Waals surface area contributed by atoms with E-state index in [1.165, 1.54) is 11.5 Å². The van der Waals surface area contributed by atoms with Gasteiger partial charge in [-0.15, -0.1) is 11.8 Å². The summed E-state index contributed by atoms with van der Waals surface area (Å²) in [7, 11) is 0. The first-order chi connectivity index (χ1) is 8.16. The summed E-state index contributed by atoms with van der Waals surface area (Å²) in [6, 6.07) is 2.13. The highest BCUT2D eigenvalue weighted by Gasteiger charge is 2.26. The first-order valence-electron chi connectivity index (χ1n) is 5.97. The van der Waals surface area contributed by atoms with Crippen LogP contribution in [-0.2, 0) is 6.42 Å². The third-order valence-electron chi connectivity index (χ3n) is 2.71. The fraction of sp³-hybridized carbons (Fsp3) is 0.667. The number of aromatic nitrogens is 2. The van der Waals surface area contributed by atoms with Gasteiger partial charge in [-0.2, -0.15) is 11.8 Å². The maximum atomic E-state index is 5.81. The topological polar surface area (TPSA) is 51.8 Å². The summed E-state index contributed by atoms with van der Waals surface area (Å²) in [5, 5.41) is 1.03. The van der Waals surface area contributed by atoms with E-state index in [0.29, 0.717) is 10.5 Å². The van der Waals surface area contributed by atoms with Gasteiger partial charge >= 0.3 is 0 Å². The monoisotopic (exact) mass is 269 g/mol. The van der Waals surface area contributed by atoms with Crippen molar-refractivity contribution in [1.29, 1.82) is 0 Å². The molecule has 1 aliphatic heterocycles. The smallest absolute Gasteiger partial charge is 0.142 e. The maximum Gasteiger partial charge on any atom is 0.142 e. The molecule has 94 valence electrons. The van der Waals surface area contributed by atoms with E-state index in [2.05, 4.69) is 16.9 Å². The van der Waals surface area contributed by atoms with E-state index in [9.17, 15) is 0 Å². The van der Waals surface area contributed by atoms with Crippen molar-refractivity contribution in [2.75, 3.05) is 11.5 Å². The molecule has 1 aromatic rings. The second-order valence-corrected chi connectivity index (χ2v) is 7.19. The Bertz CT molecular complexity index is 371. The fourth-order valence-corrected chi connectivity index (χ4v) is 4.61. The predicted molar refractivity (Wildman–Crippen MR) is 76.5 cm³/mol. The molecule has 2 N–H and O–H groups in total. The van der Waals surface area contributed by atoms with Gasteiger partial charge in [0.15, 0.2) is 0 Å². The van der Waals surface area contributed by atoms with Gasteiger partial charge in [0.1, 0.15) is 5.82 Å². The zero-order chi connectivity index (χ0) is 12.3. The number of rotatable bonds is 3. The Hall–Kier alpha value is -0.260. The molecular formula is C12H19N3S2. The van der Waals surface area contributed by atoms with Crippen molar-refractivity contribution in [3.63, 3.8) is 0 Å². The Kier molecular flexibility index (Phi) is 4.70. The summed E-state index contributed by atoms with van der Waals surface area (Å²) in [5.41, 5.74) is 6.87. The van der Waals surface area contributed by atoms with Gasteiger partial charge < -0.3 is 5.73 Å². The number of thioether (sulfide) groups is 2. The third-order valence-corrected chi connectivity index (χ3v) is 5.79. The molecule has 3 nitrogen and oxygen atoms in total. The van der Waals surface area contributed by atoms with Gasteiger partial charge in [-0.25, -0.2) is 9.97 Å². The molecule has 2 heterocycles. The van der Waals surface area contributed by atoms with Crippen LogP contribution in [0.4, 0.5) is 0 Å². The Morgan fingerprint density at radius 2 is 2.24 bits per heavy atom. The number of nitrogens with zero attached hydrogens (tertiary/aromatic N) is 2. The molecule has 3 atom stereocenters. The van der Waals surface area contributed by atoms with Crippen molar-refractivity contribution >= 4 is 23.5 Å². The molecule has 1 saturated heterocycles. The van der Waals surface area contributed by atoms with Gasteiger partial charge in [0.2, 0.25) is 0 Å². The Morgan fingerprint density at radius 3 is 2.94 bits per heavy atom. The Balaban J connectivity index is 2.14. The van der Waals surface area contributed by atoms with Crippen molar-refractivity contribution in [1.82, 2.24) is 9.97 Å². The minimum absolute atomic E-state index is 0.156. The van der Waals surface area contributed by atoms with E-state index in [-0.39, 0.29) is 6.04 Å². The highest BCUT2D eigenvalue weighted by Crippen LogP contribution is 2.40. The highest BCUT2D eigenvalue weighted by molar-refractivity contribution is 8.06. The van der Waals surface area contributed by atoms with Crippen molar-refractivity contribution < 1.29 is 0 Å². The van der Waals surface area contributed by atoms with Crippen LogP contribution in [0.5, 0.6) is 0 Å². The Labute approximate surface area is 111 Å². The molecule has 1 fully saturated rings. The number of nitrogens with two attached hydrogens (primary N) is 1. The maximum absolute atomic E-state index is 5.81. The van der Waals surface area contributed by atoms with E-state index in [4.69, 9.17) is 5.73 Å². The van der Waals surface area contributed by atoms with Gasteiger partial charge in [0.25, 0.3) is 0 Å². The van der Waals surface area contributed by atoms with Crippen LogP contribution in [0.1, 0.15) is 30.6 Å². The number of hydrogen-bond acceptors (Lipinski definition) is 5. The van der Waals surface area contributed by atoms with Crippen molar-refractivity contribution in [2.24, 2.45) is 5.73 Å². The van der Waals surface area contributed by atoms with Gasteiger partial charge in [-0.05, 0) is 13.0 Å². The zero-order valence-electron chi connectivity index (χ0n) is 10.3. The SMILES string of the molecule is CC(N)Cc1ccnc(C2SCCSC2C)n1. The van der Waals surface area contributed by atoms with Crippen LogP contribution in [-0.4, -0.2) is 32.8 Å². The standard InChI is InChI=1S/C12H19N3S2/c1-8(13)7-10-3-4-14-12(15-10)11-9(2)16-5-6-17-11/h3-4,8-9,11H,5-7,13H2,1-2H3. The molecule has 1 aromatic heterocycles. The van der Waals surface area contributed by atoms with E-state index in [0.717, 1.165) is 17.9 Å². The molecule has 5 heteroatoms. The van der Waals surface area contributed by atoms with Crippen LogP contribution in [0.3, 0.4) is 0 Å². The lowest BCUT2D eigenvalue weighted by Crippen LogP contribution is -2.21. The highest BCUT2D eigenvalue weighted by atomic mass is 32.2. The van der Waals surface area contributed by atoms with E-state index < -0.39 is 0 Å². The summed E-state index contributed by atoms with van der Waals surface area (Å²) in [6.45, 7) is 4.28. The summed E-state index contributed by atoms with van der Waals surface area (Å²) in [4.78, 5) is 9.10. The first-order valence-corrected chi connectivity index (χ1v) is 8.07. The van der Waals surface area contributed by atoms with Gasteiger partial charge in [0.05, 0.1) is 5.25 Å². The van der Waals surface area contributed by atoms with E-state index >= 15 is 0 Å². The minimum atomic E-state index is 0.156. The van der Waals surface area contributed by atoms with Crippen LogP contribution < -0.4 is 5.73 Å². The second kappa shape index (κ2) is 6.07. The molecule has 0 amide bonds. The van der Waals surface area contributed by atoms with Crippen molar-refractivity contribution in [3.8, 4) is 0 Å². The van der Waals surface area contributed by atoms with Gasteiger partial charge in [-0.1, -0.05) is 6.92 Å². The lowest BCUT2D eigenvalue weighted by Gasteiger charge is -2.26. The molecule has 0 spiro atoms. The molecule has 0 aliphatic carbocycles. The average molecular weight is 269 g/mol. The summed E-state index contributed by atoms with van der Waals surface area (Å²) in [6.07, 6.45) is 2.70. The molecule has 0 aromatic carbocycles. The minimum Gasteiger partial charge on any atom is -0.328 e. The van der Waals surface area contributed by atoms with Gasteiger partial charge in [0, 0.05) is 41.1 Å². The molecule has 0 bridgehead atoms. The van der Waals surface area contributed by atoms with Gasteiger partial charge in [-0.3, -0.25) is 0 Å². The fourth-order valence-electron chi connectivity index (χ4n) is 1.91. The van der Waals surface area contributed by atoms with Crippen LogP contribution in [0, 0.1) is 0 Å². The normalized spacial score (nSPS) is 26.8.